The number of hydrogen-bond donors (Lipinski definition) is 1. The van der Waals surface area contributed by atoms with Gasteiger partial charge in [0.2, 0.25) is 11.8 Å². The molecule has 0 saturated carbocycles. The summed E-state index contributed by atoms with van der Waals surface area (Å²) in [4.78, 5) is 24.8. The monoisotopic (exact) mass is 422 g/mol. The molecule has 0 spiro atoms. The summed E-state index contributed by atoms with van der Waals surface area (Å²) in [6, 6.07) is 7.52. The van der Waals surface area contributed by atoms with Gasteiger partial charge in [-0.1, -0.05) is 0 Å². The zero-order valence-electron chi connectivity index (χ0n) is 15.7. The zero-order chi connectivity index (χ0) is 21.2. The Bertz CT molecular complexity index is 1020. The third kappa shape index (κ3) is 4.16. The van der Waals surface area contributed by atoms with Crippen LogP contribution in [0.3, 0.4) is 0 Å². The molecule has 0 radical (unpaired) electrons. The van der Waals surface area contributed by atoms with Crippen molar-refractivity contribution in [1.82, 2.24) is 4.31 Å². The van der Waals surface area contributed by atoms with Crippen LogP contribution in [0.5, 0.6) is 11.5 Å². The first-order chi connectivity index (χ1) is 13.8. The average molecular weight is 422 g/mol. The Hall–Kier alpha value is -3.14. The zero-order valence-corrected chi connectivity index (χ0v) is 16.5. The number of methoxy groups -OCH3 is 2. The van der Waals surface area contributed by atoms with Gasteiger partial charge in [0.25, 0.3) is 10.0 Å². The molecule has 1 fully saturated rings. The summed E-state index contributed by atoms with van der Waals surface area (Å²) in [5.74, 6) is -1.12. The molecular formula is C19H19FN2O6S. The fraction of sp³-hybridized carbons (Fsp3) is 0.263. The van der Waals surface area contributed by atoms with Gasteiger partial charge in [-0.15, -0.1) is 0 Å². The fourth-order valence-electron chi connectivity index (χ4n) is 3.03. The topological polar surface area (TPSA) is 102 Å². The van der Waals surface area contributed by atoms with Gasteiger partial charge < -0.3 is 14.8 Å². The van der Waals surface area contributed by atoms with Crippen molar-refractivity contribution in [3.8, 4) is 11.5 Å². The van der Waals surface area contributed by atoms with Gasteiger partial charge >= 0.3 is 0 Å². The molecule has 10 heteroatoms. The van der Waals surface area contributed by atoms with Gasteiger partial charge in [0.1, 0.15) is 23.4 Å². The van der Waals surface area contributed by atoms with Crippen molar-refractivity contribution in [1.29, 1.82) is 0 Å². The first-order valence-electron chi connectivity index (χ1n) is 8.63. The van der Waals surface area contributed by atoms with E-state index in [0.29, 0.717) is 21.5 Å². The summed E-state index contributed by atoms with van der Waals surface area (Å²) in [5.41, 5.74) is 0.324. The highest BCUT2D eigenvalue weighted by molar-refractivity contribution is 7.89. The van der Waals surface area contributed by atoms with Gasteiger partial charge in [-0.2, -0.15) is 0 Å². The fourth-order valence-corrected chi connectivity index (χ4v) is 4.63. The van der Waals surface area contributed by atoms with Gasteiger partial charge in [-0.3, -0.25) is 9.59 Å². The van der Waals surface area contributed by atoms with E-state index in [1.54, 1.807) is 6.07 Å². The minimum Gasteiger partial charge on any atom is -0.497 e. The summed E-state index contributed by atoms with van der Waals surface area (Å²) < 4.78 is 49.8. The molecule has 1 aliphatic rings. The van der Waals surface area contributed by atoms with E-state index in [1.165, 1.54) is 26.4 Å². The minimum absolute atomic E-state index is 0.0339. The molecule has 1 unspecified atom stereocenters. The van der Waals surface area contributed by atoms with Gasteiger partial charge in [-0.05, 0) is 30.7 Å². The lowest BCUT2D eigenvalue weighted by molar-refractivity contribution is -0.128. The van der Waals surface area contributed by atoms with Crippen LogP contribution in [-0.4, -0.2) is 44.8 Å². The van der Waals surface area contributed by atoms with Crippen LogP contribution < -0.4 is 14.8 Å². The van der Waals surface area contributed by atoms with Crippen molar-refractivity contribution in [2.75, 3.05) is 19.5 Å². The summed E-state index contributed by atoms with van der Waals surface area (Å²) in [6.45, 7) is 0. The lowest BCUT2D eigenvalue weighted by atomic mass is 10.2. The van der Waals surface area contributed by atoms with E-state index >= 15 is 0 Å². The number of carbonyl (C=O) groups excluding carboxylic acids is 2. The average Bonchev–Trinajstić information content (AvgIpc) is 3.10. The van der Waals surface area contributed by atoms with E-state index < -0.39 is 33.7 Å². The van der Waals surface area contributed by atoms with Crippen LogP contribution in [0, 0.1) is 5.82 Å². The Morgan fingerprint density at radius 3 is 2.24 bits per heavy atom. The summed E-state index contributed by atoms with van der Waals surface area (Å²) in [7, 11) is -1.41. The maximum absolute atomic E-state index is 13.1. The molecule has 0 aliphatic carbocycles. The van der Waals surface area contributed by atoms with E-state index in [0.717, 1.165) is 24.3 Å². The molecule has 8 nitrogen and oxygen atoms in total. The number of carbonyl (C=O) groups is 2. The van der Waals surface area contributed by atoms with Crippen LogP contribution in [0.2, 0.25) is 0 Å². The lowest BCUT2D eigenvalue weighted by Crippen LogP contribution is -2.45. The normalized spacial score (nSPS) is 16.6. The number of benzene rings is 2. The van der Waals surface area contributed by atoms with Crippen LogP contribution in [0.15, 0.2) is 47.4 Å². The minimum atomic E-state index is -4.31. The molecule has 2 amide bonds. The lowest BCUT2D eigenvalue weighted by Gasteiger charge is -2.24. The van der Waals surface area contributed by atoms with Crippen molar-refractivity contribution < 1.29 is 31.9 Å². The van der Waals surface area contributed by atoms with Crippen LogP contribution in [0.4, 0.5) is 10.1 Å². The second-order valence-electron chi connectivity index (χ2n) is 6.29. The van der Waals surface area contributed by atoms with Crippen molar-refractivity contribution in [2.24, 2.45) is 0 Å². The molecule has 2 aromatic rings. The highest BCUT2D eigenvalue weighted by Crippen LogP contribution is 2.30. The molecule has 29 heavy (non-hydrogen) atoms. The first-order valence-corrected chi connectivity index (χ1v) is 10.1. The number of sulfonamides is 1. The molecule has 154 valence electrons. The van der Waals surface area contributed by atoms with Crippen LogP contribution in [0.1, 0.15) is 12.8 Å². The quantitative estimate of drug-likeness (QED) is 0.766. The smallest absolute Gasteiger partial charge is 0.267 e. The van der Waals surface area contributed by atoms with Crippen molar-refractivity contribution in [3.63, 3.8) is 0 Å². The summed E-state index contributed by atoms with van der Waals surface area (Å²) >= 11 is 0. The van der Waals surface area contributed by atoms with Crippen LogP contribution in [0.25, 0.3) is 0 Å². The number of nitrogens with zero attached hydrogens (tertiary/aromatic N) is 1. The van der Waals surface area contributed by atoms with Gasteiger partial charge in [-0.25, -0.2) is 17.1 Å². The number of anilines is 1. The molecule has 1 aliphatic heterocycles. The van der Waals surface area contributed by atoms with Crippen LogP contribution in [-0.2, 0) is 19.6 Å². The Morgan fingerprint density at radius 2 is 1.69 bits per heavy atom. The second-order valence-corrected chi connectivity index (χ2v) is 8.11. The number of nitrogens with one attached hydrogen (secondary N) is 1. The molecular weight excluding hydrogens is 403 g/mol. The number of ether oxygens (including phenoxy) is 2. The van der Waals surface area contributed by atoms with E-state index in [4.69, 9.17) is 9.47 Å². The Kier molecular flexibility index (Phi) is 5.73. The molecule has 3 rings (SSSR count). The van der Waals surface area contributed by atoms with Crippen molar-refractivity contribution in [2.45, 2.75) is 23.8 Å². The summed E-state index contributed by atoms with van der Waals surface area (Å²) in [6.07, 6.45) is -0.0634. The van der Waals surface area contributed by atoms with Gasteiger partial charge in [0.15, 0.2) is 0 Å². The number of rotatable bonds is 6. The molecule has 0 bridgehead atoms. The Balaban J connectivity index is 1.88. The SMILES string of the molecule is COc1cc(NC(=O)C2CCC(=O)N2S(=O)(=O)c2ccc(F)cc2)cc(OC)c1. The largest absolute Gasteiger partial charge is 0.497 e. The predicted octanol–water partition coefficient (Wildman–Crippen LogP) is 2.16. The first kappa shape index (κ1) is 20.6. The number of amides is 2. The molecule has 0 aromatic heterocycles. The van der Waals surface area contributed by atoms with Crippen molar-refractivity contribution in [3.05, 3.63) is 48.3 Å². The number of halogens is 1. The molecule has 1 heterocycles. The second kappa shape index (κ2) is 8.08. The highest BCUT2D eigenvalue weighted by Gasteiger charge is 2.44. The van der Waals surface area contributed by atoms with Gasteiger partial charge in [0.05, 0.1) is 19.1 Å². The van der Waals surface area contributed by atoms with Gasteiger partial charge in [0, 0.05) is 30.3 Å². The van der Waals surface area contributed by atoms with Crippen molar-refractivity contribution >= 4 is 27.5 Å². The molecule has 1 saturated heterocycles. The molecule has 1 atom stereocenters. The van der Waals surface area contributed by atoms with E-state index in [2.05, 4.69) is 5.32 Å². The third-order valence-electron chi connectivity index (χ3n) is 4.45. The maximum atomic E-state index is 13.1. The van der Waals surface area contributed by atoms with Crippen LogP contribution >= 0.6 is 0 Å². The van der Waals surface area contributed by atoms with E-state index in [1.807, 2.05) is 0 Å². The third-order valence-corrected chi connectivity index (χ3v) is 6.30. The Labute approximate surface area is 167 Å². The predicted molar refractivity (Wildman–Crippen MR) is 102 cm³/mol. The van der Waals surface area contributed by atoms with E-state index in [9.17, 15) is 22.4 Å². The Morgan fingerprint density at radius 1 is 1.10 bits per heavy atom. The molecule has 1 N–H and O–H groups in total. The van der Waals surface area contributed by atoms with E-state index in [-0.39, 0.29) is 17.7 Å². The highest BCUT2D eigenvalue weighted by atomic mass is 32.2. The standard InChI is InChI=1S/C19H19FN2O6S/c1-27-14-9-13(10-15(11-14)28-2)21-19(24)17-7-8-18(23)22(17)29(25,26)16-5-3-12(20)4-6-16/h3-6,9-11,17H,7-8H2,1-2H3,(H,21,24). The summed E-state index contributed by atoms with van der Waals surface area (Å²) in [5, 5.41) is 2.60. The maximum Gasteiger partial charge on any atom is 0.267 e. The molecule has 2 aromatic carbocycles. The number of hydrogen-bond acceptors (Lipinski definition) is 6.